The summed E-state index contributed by atoms with van der Waals surface area (Å²) in [6.45, 7) is 7.26. The van der Waals surface area contributed by atoms with Crippen molar-refractivity contribution >= 4 is 5.97 Å². The van der Waals surface area contributed by atoms with Crippen LogP contribution in [0.4, 0.5) is 0 Å². The quantitative estimate of drug-likeness (QED) is 0.658. The fourth-order valence-electron chi connectivity index (χ4n) is 8.31. The summed E-state index contributed by atoms with van der Waals surface area (Å²) in [5, 5.41) is 20.3. The van der Waals surface area contributed by atoms with E-state index in [0.717, 1.165) is 12.8 Å². The molecule has 27 heavy (non-hydrogen) atoms. The van der Waals surface area contributed by atoms with Gasteiger partial charge < -0.3 is 10.2 Å². The second kappa shape index (κ2) is 6.90. The molecule has 3 saturated carbocycles. The minimum atomic E-state index is -0.669. The van der Waals surface area contributed by atoms with E-state index < -0.39 is 5.97 Å². The Morgan fingerprint density at radius 2 is 1.89 bits per heavy atom. The Morgan fingerprint density at radius 1 is 1.15 bits per heavy atom. The number of carboxylic acid groups (broad SMARTS) is 1. The van der Waals surface area contributed by atoms with E-state index >= 15 is 0 Å². The molecule has 4 aliphatic rings. The van der Waals surface area contributed by atoms with Crippen LogP contribution in [0.2, 0.25) is 0 Å². The largest absolute Gasteiger partial charge is 0.481 e. The van der Waals surface area contributed by atoms with Crippen LogP contribution in [-0.4, -0.2) is 22.3 Å². The zero-order valence-electron chi connectivity index (χ0n) is 17.4. The molecule has 0 aliphatic heterocycles. The highest BCUT2D eigenvalue weighted by atomic mass is 16.4. The highest BCUT2D eigenvalue weighted by molar-refractivity contribution is 5.66. The van der Waals surface area contributed by atoms with Gasteiger partial charge in [0.2, 0.25) is 0 Å². The first-order valence-electron chi connectivity index (χ1n) is 11.3. The van der Waals surface area contributed by atoms with E-state index in [1.165, 1.54) is 38.5 Å². The van der Waals surface area contributed by atoms with Crippen LogP contribution in [0.3, 0.4) is 0 Å². The maximum Gasteiger partial charge on any atom is 0.303 e. The molecule has 4 rings (SSSR count). The molecule has 3 nitrogen and oxygen atoms in total. The molecule has 3 fully saturated rings. The fraction of sp³-hybridized carbons (Fsp3) is 0.875. The molecule has 152 valence electrons. The summed E-state index contributed by atoms with van der Waals surface area (Å²) >= 11 is 0. The summed E-state index contributed by atoms with van der Waals surface area (Å²) in [6.07, 6.45) is 14.1. The van der Waals surface area contributed by atoms with Gasteiger partial charge in [-0.05, 0) is 97.7 Å². The van der Waals surface area contributed by atoms with Crippen LogP contribution in [-0.2, 0) is 4.79 Å². The summed E-state index contributed by atoms with van der Waals surface area (Å²) < 4.78 is 0. The lowest BCUT2D eigenvalue weighted by atomic mass is 9.44. The topological polar surface area (TPSA) is 57.5 Å². The lowest BCUT2D eigenvalue weighted by Gasteiger charge is -2.61. The van der Waals surface area contributed by atoms with E-state index in [-0.39, 0.29) is 11.5 Å². The summed E-state index contributed by atoms with van der Waals surface area (Å²) in [6, 6.07) is 0. The maximum atomic E-state index is 11.2. The van der Waals surface area contributed by atoms with Gasteiger partial charge in [-0.25, -0.2) is 0 Å². The monoisotopic (exact) mass is 374 g/mol. The van der Waals surface area contributed by atoms with Crippen LogP contribution >= 0.6 is 0 Å². The maximum absolute atomic E-state index is 11.2. The van der Waals surface area contributed by atoms with Crippen molar-refractivity contribution in [2.75, 3.05) is 0 Å². The molecule has 0 aromatic carbocycles. The first-order chi connectivity index (χ1) is 12.8. The van der Waals surface area contributed by atoms with Gasteiger partial charge in [-0.2, -0.15) is 0 Å². The summed E-state index contributed by atoms with van der Waals surface area (Å²) in [7, 11) is 0. The SMILES string of the molecule is C[C@H](CCC(=O)O)[C@H]1CC[C@H]2[C@@H]3[C@H](O)C[C@@H]4C=CCC[C@]4(C)[C@H]3CC[C@]12C. The van der Waals surface area contributed by atoms with Crippen molar-refractivity contribution < 1.29 is 15.0 Å². The molecule has 0 spiro atoms. The number of allylic oxidation sites excluding steroid dienone is 2. The van der Waals surface area contributed by atoms with Crippen molar-refractivity contribution in [1.29, 1.82) is 0 Å². The number of carboxylic acids is 1. The van der Waals surface area contributed by atoms with Crippen LogP contribution in [0.25, 0.3) is 0 Å². The Morgan fingerprint density at radius 3 is 2.63 bits per heavy atom. The number of hydrogen-bond acceptors (Lipinski definition) is 2. The third-order valence-corrected chi connectivity index (χ3v) is 9.76. The number of rotatable bonds is 4. The molecular weight excluding hydrogens is 336 g/mol. The highest BCUT2D eigenvalue weighted by Crippen LogP contribution is 2.67. The zero-order valence-corrected chi connectivity index (χ0v) is 17.4. The van der Waals surface area contributed by atoms with Gasteiger partial charge in [-0.1, -0.05) is 32.9 Å². The minimum absolute atomic E-state index is 0.159. The predicted octanol–water partition coefficient (Wildman–Crippen LogP) is 5.28. The van der Waals surface area contributed by atoms with E-state index in [2.05, 4.69) is 32.9 Å². The van der Waals surface area contributed by atoms with Crippen LogP contribution < -0.4 is 0 Å². The standard InChI is InChI=1S/C24H38O3/c1-15(7-10-21(26)27)17-8-9-18-22-19(11-13-24(17,18)3)23(2)12-5-4-6-16(23)14-20(22)25/h4,6,15-20,22,25H,5,7-14H2,1-3H3,(H,26,27)/t15-,16+,17-,18+,19+,20-,22+,23+,24-/m1/s1. The van der Waals surface area contributed by atoms with Crippen molar-refractivity contribution in [3.63, 3.8) is 0 Å². The van der Waals surface area contributed by atoms with Gasteiger partial charge in [0.15, 0.2) is 0 Å². The van der Waals surface area contributed by atoms with Crippen LogP contribution in [0.5, 0.6) is 0 Å². The molecule has 0 amide bonds. The van der Waals surface area contributed by atoms with Gasteiger partial charge in [-0.15, -0.1) is 0 Å². The lowest BCUT2D eigenvalue weighted by molar-refractivity contribution is -0.149. The second-order valence-corrected chi connectivity index (χ2v) is 10.8. The summed E-state index contributed by atoms with van der Waals surface area (Å²) in [5.74, 6) is 2.69. The third kappa shape index (κ3) is 2.99. The van der Waals surface area contributed by atoms with Crippen LogP contribution in [0, 0.1) is 46.3 Å². The Bertz CT molecular complexity index is 613. The number of aliphatic carboxylic acids is 1. The average Bonchev–Trinajstić information content (AvgIpc) is 2.97. The molecule has 2 N–H and O–H groups in total. The first-order valence-corrected chi connectivity index (χ1v) is 11.3. The van der Waals surface area contributed by atoms with Crippen LogP contribution in [0.15, 0.2) is 12.2 Å². The van der Waals surface area contributed by atoms with Gasteiger partial charge in [0, 0.05) is 6.42 Å². The van der Waals surface area contributed by atoms with Gasteiger partial charge >= 0.3 is 5.97 Å². The number of carbonyl (C=O) groups is 1. The number of aliphatic hydroxyl groups is 1. The van der Waals surface area contributed by atoms with Crippen LogP contribution in [0.1, 0.15) is 78.6 Å². The Labute approximate surface area is 164 Å². The Kier molecular flexibility index (Phi) is 4.98. The zero-order chi connectivity index (χ0) is 19.4. The van der Waals surface area contributed by atoms with E-state index in [9.17, 15) is 9.90 Å². The molecule has 0 bridgehead atoms. The number of hydrogen-bond donors (Lipinski definition) is 2. The fourth-order valence-corrected chi connectivity index (χ4v) is 8.31. The molecule has 0 unspecified atom stereocenters. The van der Waals surface area contributed by atoms with E-state index in [0.29, 0.717) is 47.3 Å². The van der Waals surface area contributed by atoms with Crippen molar-refractivity contribution in [3.05, 3.63) is 12.2 Å². The highest BCUT2D eigenvalue weighted by Gasteiger charge is 2.62. The Balaban J connectivity index is 1.57. The summed E-state index contributed by atoms with van der Waals surface area (Å²) in [5.41, 5.74) is 0.654. The third-order valence-electron chi connectivity index (χ3n) is 9.76. The number of aliphatic hydroxyl groups excluding tert-OH is 1. The molecule has 0 saturated heterocycles. The minimum Gasteiger partial charge on any atom is -0.481 e. The molecule has 4 aliphatic carbocycles. The first kappa shape index (κ1) is 19.5. The van der Waals surface area contributed by atoms with E-state index in [1.807, 2.05) is 0 Å². The molecule has 0 heterocycles. The van der Waals surface area contributed by atoms with Gasteiger partial charge in [-0.3, -0.25) is 4.79 Å². The van der Waals surface area contributed by atoms with Gasteiger partial charge in [0.05, 0.1) is 6.10 Å². The lowest BCUT2D eigenvalue weighted by Crippen LogP contribution is -2.57. The smallest absolute Gasteiger partial charge is 0.303 e. The average molecular weight is 375 g/mol. The number of fused-ring (bicyclic) bond motifs is 5. The second-order valence-electron chi connectivity index (χ2n) is 10.8. The van der Waals surface area contributed by atoms with Gasteiger partial charge in [0.1, 0.15) is 0 Å². The molecule has 0 radical (unpaired) electrons. The van der Waals surface area contributed by atoms with E-state index in [4.69, 9.17) is 5.11 Å². The molecular formula is C24H38O3. The van der Waals surface area contributed by atoms with Gasteiger partial charge in [0.25, 0.3) is 0 Å². The predicted molar refractivity (Wildman–Crippen MR) is 107 cm³/mol. The Hall–Kier alpha value is -0.830. The molecule has 0 aromatic heterocycles. The molecule has 0 aromatic rings. The summed E-state index contributed by atoms with van der Waals surface area (Å²) in [4.78, 5) is 11.0. The van der Waals surface area contributed by atoms with E-state index in [1.54, 1.807) is 0 Å². The van der Waals surface area contributed by atoms with Crippen molar-refractivity contribution in [1.82, 2.24) is 0 Å². The normalized spacial score (nSPS) is 49.8. The molecule has 3 heteroatoms. The van der Waals surface area contributed by atoms with Crippen molar-refractivity contribution in [2.24, 2.45) is 46.3 Å². The molecule has 9 atom stereocenters. The van der Waals surface area contributed by atoms with Crippen molar-refractivity contribution in [3.8, 4) is 0 Å². The van der Waals surface area contributed by atoms with Crippen molar-refractivity contribution in [2.45, 2.75) is 84.7 Å².